The van der Waals surface area contributed by atoms with E-state index in [4.69, 9.17) is 11.6 Å². The Balaban J connectivity index is 1.71. The molecule has 0 aliphatic carbocycles. The summed E-state index contributed by atoms with van der Waals surface area (Å²) in [5, 5.41) is 9.67. The Morgan fingerprint density at radius 1 is 1.45 bits per heavy atom. The molecule has 1 aromatic carbocycles. The number of nitrogens with one attached hydrogen (secondary N) is 2. The van der Waals surface area contributed by atoms with Crippen molar-refractivity contribution in [3.8, 4) is 10.6 Å². The zero-order valence-corrected chi connectivity index (χ0v) is 13.9. The van der Waals surface area contributed by atoms with Crippen LogP contribution in [-0.2, 0) is 0 Å². The zero-order chi connectivity index (χ0) is 15.5. The van der Waals surface area contributed by atoms with Gasteiger partial charge in [-0.25, -0.2) is 4.98 Å². The number of piperidine rings is 1. The van der Waals surface area contributed by atoms with E-state index in [9.17, 15) is 4.79 Å². The molecule has 4 nitrogen and oxygen atoms in total. The van der Waals surface area contributed by atoms with E-state index in [0.29, 0.717) is 16.8 Å². The molecule has 3 rings (SSSR count). The van der Waals surface area contributed by atoms with E-state index in [2.05, 4.69) is 22.5 Å². The molecule has 2 atom stereocenters. The van der Waals surface area contributed by atoms with Crippen LogP contribution in [-0.4, -0.2) is 29.5 Å². The monoisotopic (exact) mass is 335 g/mol. The van der Waals surface area contributed by atoms with E-state index in [0.717, 1.165) is 30.0 Å². The first-order chi connectivity index (χ1) is 10.6. The lowest BCUT2D eigenvalue weighted by molar-refractivity contribution is 0.0921. The fourth-order valence-corrected chi connectivity index (χ4v) is 3.78. The lowest BCUT2D eigenvalue weighted by Gasteiger charge is -2.28. The minimum Gasteiger partial charge on any atom is -0.348 e. The maximum absolute atomic E-state index is 12.3. The van der Waals surface area contributed by atoms with Gasteiger partial charge in [0, 0.05) is 23.0 Å². The molecule has 6 heteroatoms. The molecule has 2 aromatic rings. The Hall–Kier alpha value is -1.43. The number of carbonyl (C=O) groups excluding carboxylic acids is 1. The third-order valence-corrected chi connectivity index (χ3v) is 5.01. The Labute approximate surface area is 138 Å². The fraction of sp³-hybridized carbons (Fsp3) is 0.375. The normalized spacial score (nSPS) is 21.5. The topological polar surface area (TPSA) is 54.0 Å². The van der Waals surface area contributed by atoms with Crippen molar-refractivity contribution in [1.29, 1.82) is 0 Å². The molecule has 22 heavy (non-hydrogen) atoms. The molecule has 0 saturated carbocycles. The van der Waals surface area contributed by atoms with Gasteiger partial charge in [-0.2, -0.15) is 0 Å². The van der Waals surface area contributed by atoms with Crippen molar-refractivity contribution >= 4 is 28.8 Å². The van der Waals surface area contributed by atoms with Crippen LogP contribution in [0.1, 0.15) is 30.3 Å². The van der Waals surface area contributed by atoms with Crippen LogP contribution in [0, 0.1) is 0 Å². The summed E-state index contributed by atoms with van der Waals surface area (Å²) in [6.45, 7) is 3.07. The third-order valence-electron chi connectivity index (χ3n) is 3.80. The minimum absolute atomic E-state index is 0.103. The molecule has 1 aromatic heterocycles. The van der Waals surface area contributed by atoms with E-state index in [1.807, 2.05) is 24.3 Å². The molecule has 2 heterocycles. The first kappa shape index (κ1) is 15.5. The van der Waals surface area contributed by atoms with Crippen molar-refractivity contribution in [2.24, 2.45) is 0 Å². The maximum Gasteiger partial charge on any atom is 0.270 e. The average Bonchev–Trinajstić information content (AvgIpc) is 2.97. The van der Waals surface area contributed by atoms with Crippen molar-refractivity contribution in [2.75, 3.05) is 6.54 Å². The lowest BCUT2D eigenvalue weighted by Crippen LogP contribution is -2.46. The van der Waals surface area contributed by atoms with Crippen molar-refractivity contribution in [3.63, 3.8) is 0 Å². The van der Waals surface area contributed by atoms with Gasteiger partial charge in [0.2, 0.25) is 0 Å². The number of rotatable bonds is 3. The van der Waals surface area contributed by atoms with E-state index in [1.165, 1.54) is 11.3 Å². The molecule has 2 N–H and O–H groups in total. The van der Waals surface area contributed by atoms with Crippen LogP contribution in [0.2, 0.25) is 5.02 Å². The summed E-state index contributed by atoms with van der Waals surface area (Å²) >= 11 is 7.62. The second-order valence-electron chi connectivity index (χ2n) is 5.57. The molecular weight excluding hydrogens is 318 g/mol. The van der Waals surface area contributed by atoms with Gasteiger partial charge in [0.1, 0.15) is 10.7 Å². The van der Waals surface area contributed by atoms with Crippen molar-refractivity contribution in [1.82, 2.24) is 15.6 Å². The van der Waals surface area contributed by atoms with Crippen molar-refractivity contribution in [2.45, 2.75) is 31.8 Å². The number of benzene rings is 1. The Kier molecular flexibility index (Phi) is 4.76. The largest absolute Gasteiger partial charge is 0.348 e. The summed E-state index contributed by atoms with van der Waals surface area (Å²) in [5.74, 6) is -0.103. The first-order valence-corrected chi connectivity index (χ1v) is 8.64. The Morgan fingerprint density at radius 3 is 3.05 bits per heavy atom. The lowest BCUT2D eigenvalue weighted by atomic mass is 10.0. The number of carbonyl (C=O) groups is 1. The fourth-order valence-electron chi connectivity index (χ4n) is 2.66. The summed E-state index contributed by atoms with van der Waals surface area (Å²) < 4.78 is 0. The van der Waals surface area contributed by atoms with Crippen LogP contribution in [0.15, 0.2) is 29.6 Å². The summed E-state index contributed by atoms with van der Waals surface area (Å²) in [5.41, 5.74) is 1.33. The molecule has 0 spiro atoms. The number of thiazole rings is 1. The van der Waals surface area contributed by atoms with Crippen LogP contribution < -0.4 is 10.6 Å². The number of aromatic nitrogens is 1. The molecule has 2 unspecified atom stereocenters. The molecule has 0 radical (unpaired) electrons. The van der Waals surface area contributed by atoms with Crippen LogP contribution >= 0.6 is 22.9 Å². The van der Waals surface area contributed by atoms with Crippen LogP contribution in [0.4, 0.5) is 0 Å². The summed E-state index contributed by atoms with van der Waals surface area (Å²) in [6.07, 6.45) is 1.91. The van der Waals surface area contributed by atoms with E-state index >= 15 is 0 Å². The molecule has 1 aliphatic rings. The number of hydrogen-bond acceptors (Lipinski definition) is 4. The molecule has 1 aliphatic heterocycles. The van der Waals surface area contributed by atoms with Gasteiger partial charge >= 0.3 is 0 Å². The van der Waals surface area contributed by atoms with Crippen molar-refractivity contribution < 1.29 is 4.79 Å². The Bertz CT molecular complexity index is 673. The SMILES string of the molecule is CC1CC(NC(=O)c2csc(-c3ccccc3Cl)n2)CCN1. The van der Waals surface area contributed by atoms with Gasteiger partial charge in [-0.1, -0.05) is 29.8 Å². The van der Waals surface area contributed by atoms with Gasteiger partial charge in [0.25, 0.3) is 5.91 Å². The summed E-state index contributed by atoms with van der Waals surface area (Å²) in [7, 11) is 0. The van der Waals surface area contributed by atoms with Gasteiger partial charge in [-0.05, 0) is 32.4 Å². The standard InChI is InChI=1S/C16H18ClN3OS/c1-10-8-11(6-7-18-10)19-15(21)14-9-22-16(20-14)12-4-2-3-5-13(12)17/h2-5,9-11,18H,6-8H2,1H3,(H,19,21). The van der Waals surface area contributed by atoms with Crippen molar-refractivity contribution in [3.05, 3.63) is 40.4 Å². The second kappa shape index (κ2) is 6.77. The molecule has 1 fully saturated rings. The van der Waals surface area contributed by atoms with Gasteiger partial charge in [-0.15, -0.1) is 11.3 Å². The van der Waals surface area contributed by atoms with Gasteiger partial charge in [0.15, 0.2) is 0 Å². The smallest absolute Gasteiger partial charge is 0.270 e. The van der Waals surface area contributed by atoms with Gasteiger partial charge in [-0.3, -0.25) is 4.79 Å². The minimum atomic E-state index is -0.103. The third kappa shape index (κ3) is 3.48. The predicted octanol–water partition coefficient (Wildman–Crippen LogP) is 3.33. The van der Waals surface area contributed by atoms with Gasteiger partial charge in [0.05, 0.1) is 5.02 Å². The van der Waals surface area contributed by atoms with Crippen LogP contribution in [0.5, 0.6) is 0 Å². The highest BCUT2D eigenvalue weighted by Crippen LogP contribution is 2.30. The number of nitrogens with zero attached hydrogens (tertiary/aromatic N) is 1. The second-order valence-corrected chi connectivity index (χ2v) is 6.83. The van der Waals surface area contributed by atoms with E-state index in [-0.39, 0.29) is 11.9 Å². The average molecular weight is 336 g/mol. The zero-order valence-electron chi connectivity index (χ0n) is 12.3. The van der Waals surface area contributed by atoms with E-state index < -0.39 is 0 Å². The van der Waals surface area contributed by atoms with E-state index in [1.54, 1.807) is 5.38 Å². The number of amides is 1. The summed E-state index contributed by atoms with van der Waals surface area (Å²) in [4.78, 5) is 16.8. The van der Waals surface area contributed by atoms with Gasteiger partial charge < -0.3 is 10.6 Å². The molecular formula is C16H18ClN3OS. The Morgan fingerprint density at radius 2 is 2.27 bits per heavy atom. The highest BCUT2D eigenvalue weighted by atomic mass is 35.5. The number of hydrogen-bond donors (Lipinski definition) is 2. The molecule has 1 saturated heterocycles. The van der Waals surface area contributed by atoms with Crippen LogP contribution in [0.25, 0.3) is 10.6 Å². The van der Waals surface area contributed by atoms with Crippen LogP contribution in [0.3, 0.4) is 0 Å². The predicted molar refractivity (Wildman–Crippen MR) is 90.5 cm³/mol. The molecule has 116 valence electrons. The molecule has 0 bridgehead atoms. The molecule has 1 amide bonds. The quantitative estimate of drug-likeness (QED) is 0.904. The highest BCUT2D eigenvalue weighted by Gasteiger charge is 2.21. The maximum atomic E-state index is 12.3. The summed E-state index contributed by atoms with van der Waals surface area (Å²) in [6, 6.07) is 8.19. The highest BCUT2D eigenvalue weighted by molar-refractivity contribution is 7.13. The number of halogens is 1. The first-order valence-electron chi connectivity index (χ1n) is 7.38.